The summed E-state index contributed by atoms with van der Waals surface area (Å²) in [5.74, 6) is 0.373. The number of ether oxygens (including phenoxy) is 1. The van der Waals surface area contributed by atoms with E-state index in [9.17, 15) is 9.18 Å². The van der Waals surface area contributed by atoms with Gasteiger partial charge in [-0.25, -0.2) is 9.18 Å². The number of hydrogen-bond donors (Lipinski definition) is 1. The van der Waals surface area contributed by atoms with Crippen molar-refractivity contribution in [3.8, 4) is 5.75 Å². The predicted molar refractivity (Wildman–Crippen MR) is 102 cm³/mol. The van der Waals surface area contributed by atoms with Crippen molar-refractivity contribution in [1.82, 2.24) is 4.90 Å². The normalized spacial score (nSPS) is 21.4. The Balaban J connectivity index is 1.67. The number of hydrogen-bond acceptors (Lipinski definition) is 2. The van der Waals surface area contributed by atoms with Crippen molar-refractivity contribution in [2.45, 2.75) is 25.4 Å². The summed E-state index contributed by atoms with van der Waals surface area (Å²) < 4.78 is 20.8. The number of carboxylic acid groups (broad SMARTS) is 1. The quantitative estimate of drug-likeness (QED) is 0.780. The molecule has 1 atom stereocenters. The first kappa shape index (κ1) is 17.9. The minimum Gasteiger partial charge on any atom is -0.481 e. The Morgan fingerprint density at radius 1 is 1.33 bits per heavy atom. The molecule has 0 fully saturated rings. The first-order valence-electron chi connectivity index (χ1n) is 8.81. The summed E-state index contributed by atoms with van der Waals surface area (Å²) in [6.07, 6.45) is 2.20. The highest BCUT2D eigenvalue weighted by Gasteiger charge is 2.40. The van der Waals surface area contributed by atoms with Crippen LogP contribution in [0, 0.1) is 5.82 Å². The Morgan fingerprint density at radius 2 is 2.15 bits per heavy atom. The van der Waals surface area contributed by atoms with Gasteiger partial charge in [-0.15, -0.1) is 0 Å². The Hall–Kier alpha value is -2.53. The van der Waals surface area contributed by atoms with E-state index < -0.39 is 11.7 Å². The monoisotopic (exact) mass is 387 g/mol. The molecule has 27 heavy (non-hydrogen) atoms. The molecule has 0 spiro atoms. The summed E-state index contributed by atoms with van der Waals surface area (Å²) in [6.45, 7) is 2.69. The van der Waals surface area contributed by atoms with Gasteiger partial charge in [-0.2, -0.15) is 0 Å². The number of halogens is 2. The van der Waals surface area contributed by atoms with Gasteiger partial charge in [0.1, 0.15) is 17.2 Å². The highest BCUT2D eigenvalue weighted by Crippen LogP contribution is 2.46. The summed E-state index contributed by atoms with van der Waals surface area (Å²) in [5.41, 5.74) is 2.70. The second-order valence-corrected chi connectivity index (χ2v) is 7.57. The van der Waals surface area contributed by atoms with Crippen molar-refractivity contribution in [3.63, 3.8) is 0 Å². The van der Waals surface area contributed by atoms with Crippen molar-refractivity contribution in [1.29, 1.82) is 0 Å². The average molecular weight is 388 g/mol. The Morgan fingerprint density at radius 3 is 2.81 bits per heavy atom. The molecule has 0 aromatic heterocycles. The second kappa shape index (κ2) is 6.57. The molecule has 0 bridgehead atoms. The SMILES string of the molecule is CC1(c2ccc(Cl)cc2F)Cc2cccc(C3=CCN(C(=O)O)CC3)c2O1. The fraction of sp³-hybridized carbons (Fsp3) is 0.286. The van der Waals surface area contributed by atoms with Gasteiger partial charge in [-0.05, 0) is 36.6 Å². The molecular weight excluding hydrogens is 369 g/mol. The highest BCUT2D eigenvalue weighted by molar-refractivity contribution is 6.30. The third-order valence-electron chi connectivity index (χ3n) is 5.28. The second-order valence-electron chi connectivity index (χ2n) is 7.14. The van der Waals surface area contributed by atoms with Crippen LogP contribution in [0.2, 0.25) is 5.02 Å². The van der Waals surface area contributed by atoms with Crippen LogP contribution in [0.4, 0.5) is 9.18 Å². The molecule has 1 unspecified atom stereocenters. The van der Waals surface area contributed by atoms with Crippen LogP contribution in [-0.4, -0.2) is 29.2 Å². The third-order valence-corrected chi connectivity index (χ3v) is 5.51. The Bertz CT molecular complexity index is 958. The molecule has 6 heteroatoms. The Labute approximate surface area is 161 Å². The molecule has 2 aliphatic heterocycles. The fourth-order valence-corrected chi connectivity index (χ4v) is 4.04. The van der Waals surface area contributed by atoms with Crippen LogP contribution in [0.3, 0.4) is 0 Å². The van der Waals surface area contributed by atoms with Crippen molar-refractivity contribution in [2.75, 3.05) is 13.1 Å². The molecule has 1 N–H and O–H groups in total. The van der Waals surface area contributed by atoms with Crippen LogP contribution in [0.15, 0.2) is 42.5 Å². The molecule has 2 aromatic carbocycles. The first-order chi connectivity index (χ1) is 12.9. The van der Waals surface area contributed by atoms with Crippen molar-refractivity contribution >= 4 is 23.3 Å². The summed E-state index contributed by atoms with van der Waals surface area (Å²) in [7, 11) is 0. The third kappa shape index (κ3) is 3.16. The molecule has 0 saturated heterocycles. The molecular formula is C21H19ClFNO3. The van der Waals surface area contributed by atoms with Gasteiger partial charge in [0.2, 0.25) is 0 Å². The van der Waals surface area contributed by atoms with Crippen LogP contribution >= 0.6 is 11.6 Å². The zero-order chi connectivity index (χ0) is 19.2. The van der Waals surface area contributed by atoms with Crippen LogP contribution in [0.1, 0.15) is 30.0 Å². The lowest BCUT2D eigenvalue weighted by molar-refractivity contribution is 0.111. The topological polar surface area (TPSA) is 49.8 Å². The number of rotatable bonds is 2. The number of nitrogens with zero attached hydrogens (tertiary/aromatic N) is 1. The maximum Gasteiger partial charge on any atom is 0.407 e. The minimum atomic E-state index is -0.911. The molecule has 0 radical (unpaired) electrons. The lowest BCUT2D eigenvalue weighted by Crippen LogP contribution is -2.33. The predicted octanol–water partition coefficient (Wildman–Crippen LogP) is 5.10. The number of fused-ring (bicyclic) bond motifs is 1. The van der Waals surface area contributed by atoms with Crippen LogP contribution in [-0.2, 0) is 12.0 Å². The molecule has 1 amide bonds. The first-order valence-corrected chi connectivity index (χ1v) is 9.19. The maximum absolute atomic E-state index is 14.5. The van der Waals surface area contributed by atoms with E-state index in [2.05, 4.69) is 0 Å². The molecule has 0 saturated carbocycles. The van der Waals surface area contributed by atoms with E-state index in [4.69, 9.17) is 21.4 Å². The molecule has 140 valence electrons. The molecule has 4 nitrogen and oxygen atoms in total. The van der Waals surface area contributed by atoms with Gasteiger partial charge >= 0.3 is 6.09 Å². The van der Waals surface area contributed by atoms with E-state index in [1.54, 1.807) is 12.1 Å². The standard InChI is InChI=1S/C21H19ClFNO3/c1-21(17-6-5-15(22)11-18(17)23)12-14-3-2-4-16(19(14)27-21)13-7-9-24(10-8-13)20(25)26/h2-7,11H,8-10,12H2,1H3,(H,25,26). The summed E-state index contributed by atoms with van der Waals surface area (Å²) in [5, 5.41) is 9.47. The van der Waals surface area contributed by atoms with E-state index in [0.29, 0.717) is 36.5 Å². The van der Waals surface area contributed by atoms with Crippen molar-refractivity contribution in [3.05, 3.63) is 70.0 Å². The average Bonchev–Trinajstić information content (AvgIpc) is 2.98. The summed E-state index contributed by atoms with van der Waals surface area (Å²) in [6, 6.07) is 10.6. The van der Waals surface area contributed by atoms with Crippen LogP contribution < -0.4 is 4.74 Å². The van der Waals surface area contributed by atoms with Crippen molar-refractivity contribution < 1.29 is 19.0 Å². The van der Waals surface area contributed by atoms with Gasteiger partial charge in [0.05, 0.1) is 0 Å². The van der Waals surface area contributed by atoms with Gasteiger partial charge in [0.25, 0.3) is 0 Å². The number of amides is 1. The smallest absolute Gasteiger partial charge is 0.407 e. The van der Waals surface area contributed by atoms with Crippen molar-refractivity contribution in [2.24, 2.45) is 0 Å². The van der Waals surface area contributed by atoms with Gasteiger partial charge < -0.3 is 14.7 Å². The van der Waals surface area contributed by atoms with Gasteiger partial charge in [-0.3, -0.25) is 0 Å². The zero-order valence-corrected chi connectivity index (χ0v) is 15.6. The van der Waals surface area contributed by atoms with E-state index in [0.717, 1.165) is 22.4 Å². The number of carbonyl (C=O) groups is 1. The molecule has 2 aliphatic rings. The summed E-state index contributed by atoms with van der Waals surface area (Å²) >= 11 is 5.88. The van der Waals surface area contributed by atoms with Gasteiger partial charge in [-0.1, -0.05) is 41.9 Å². The Kier molecular flexibility index (Phi) is 4.35. The highest BCUT2D eigenvalue weighted by atomic mass is 35.5. The molecule has 0 aliphatic carbocycles. The molecule has 2 aromatic rings. The molecule has 4 rings (SSSR count). The van der Waals surface area contributed by atoms with Crippen LogP contribution in [0.5, 0.6) is 5.75 Å². The number of benzene rings is 2. The largest absolute Gasteiger partial charge is 0.481 e. The maximum atomic E-state index is 14.5. The number of para-hydroxylation sites is 1. The minimum absolute atomic E-state index is 0.353. The van der Waals surface area contributed by atoms with Gasteiger partial charge in [0.15, 0.2) is 0 Å². The van der Waals surface area contributed by atoms with E-state index in [1.165, 1.54) is 11.0 Å². The van der Waals surface area contributed by atoms with E-state index >= 15 is 0 Å². The van der Waals surface area contributed by atoms with Gasteiger partial charge in [0, 0.05) is 35.7 Å². The zero-order valence-electron chi connectivity index (χ0n) is 14.8. The summed E-state index contributed by atoms with van der Waals surface area (Å²) in [4.78, 5) is 12.5. The molecule has 2 heterocycles. The lowest BCUT2D eigenvalue weighted by atomic mass is 9.90. The van der Waals surface area contributed by atoms with Crippen LogP contribution in [0.25, 0.3) is 5.57 Å². The van der Waals surface area contributed by atoms with E-state index in [1.807, 2.05) is 31.2 Å². The fourth-order valence-electron chi connectivity index (χ4n) is 3.88. The van der Waals surface area contributed by atoms with E-state index in [-0.39, 0.29) is 5.82 Å². The lowest BCUT2D eigenvalue weighted by Gasteiger charge is -2.27.